The highest BCUT2D eigenvalue weighted by molar-refractivity contribution is 5.91. The van der Waals surface area contributed by atoms with Gasteiger partial charge in [0.25, 0.3) is 5.69 Å². The van der Waals surface area contributed by atoms with Crippen LogP contribution in [-0.4, -0.2) is 39.9 Å². The molecule has 6 rings (SSSR count). The first-order chi connectivity index (χ1) is 16.0. The fourth-order valence-electron chi connectivity index (χ4n) is 5.34. The van der Waals surface area contributed by atoms with Crippen LogP contribution in [0.4, 0.5) is 5.69 Å². The first-order valence-electron chi connectivity index (χ1n) is 11.2. The van der Waals surface area contributed by atoms with Crippen LogP contribution in [0.15, 0.2) is 73.4 Å². The Kier molecular flexibility index (Phi) is 5.64. The molecule has 1 unspecified atom stereocenters. The number of nitro benzene ring substituents is 1. The van der Waals surface area contributed by atoms with Crippen LogP contribution >= 0.6 is 0 Å². The molecule has 3 fully saturated rings. The monoisotopic (exact) mass is 443 g/mol. The molecule has 0 saturated carbocycles. The van der Waals surface area contributed by atoms with Crippen LogP contribution in [0.2, 0.25) is 0 Å². The van der Waals surface area contributed by atoms with E-state index in [1.54, 1.807) is 12.3 Å². The molecular weight excluding hydrogens is 418 g/mol. The summed E-state index contributed by atoms with van der Waals surface area (Å²) in [5.74, 6) is 0.384. The van der Waals surface area contributed by atoms with Gasteiger partial charge in [-0.2, -0.15) is 0 Å². The van der Waals surface area contributed by atoms with E-state index < -0.39 is 17.0 Å². The van der Waals surface area contributed by atoms with Crippen LogP contribution in [0, 0.1) is 22.0 Å². The summed E-state index contributed by atoms with van der Waals surface area (Å²) in [5, 5.41) is 12.1. The number of benzene rings is 2. The molecule has 0 spiro atoms. The third-order valence-corrected chi connectivity index (χ3v) is 7.02. The van der Waals surface area contributed by atoms with E-state index in [0.29, 0.717) is 11.8 Å². The number of non-ortho nitro benzene ring substituents is 1. The van der Waals surface area contributed by atoms with Gasteiger partial charge < -0.3 is 4.74 Å². The first-order valence-corrected chi connectivity index (χ1v) is 11.2. The molecule has 7 heteroatoms. The van der Waals surface area contributed by atoms with Gasteiger partial charge in [-0.25, -0.2) is 4.79 Å². The number of para-hydroxylation sites is 1. The number of hydrogen-bond donors (Lipinski definition) is 0. The minimum Gasteiger partial charge on any atom is -0.452 e. The average molecular weight is 444 g/mol. The summed E-state index contributed by atoms with van der Waals surface area (Å²) in [4.78, 5) is 30.8. The molecular formula is C26H25N3O4. The Bertz CT molecular complexity index is 1220. The molecule has 0 radical (unpaired) electrons. The number of esters is 1. The van der Waals surface area contributed by atoms with Crippen molar-refractivity contribution in [3.63, 3.8) is 0 Å². The van der Waals surface area contributed by atoms with E-state index in [9.17, 15) is 14.9 Å². The molecule has 0 N–H and O–H groups in total. The lowest BCUT2D eigenvalue weighted by molar-refractivity contribution is -0.384. The first kappa shape index (κ1) is 21.3. The summed E-state index contributed by atoms with van der Waals surface area (Å²) in [6, 6.07) is 15.5. The maximum absolute atomic E-state index is 13.2. The zero-order valence-electron chi connectivity index (χ0n) is 18.2. The molecule has 0 aliphatic carbocycles. The molecule has 0 amide bonds. The van der Waals surface area contributed by atoms with Crippen LogP contribution in [0.1, 0.15) is 34.9 Å². The largest absolute Gasteiger partial charge is 0.452 e. The maximum Gasteiger partial charge on any atom is 0.339 e. The lowest BCUT2D eigenvalue weighted by atomic mass is 9.73. The van der Waals surface area contributed by atoms with Gasteiger partial charge in [-0.15, -0.1) is 6.58 Å². The molecule has 3 aliphatic rings. The third-order valence-electron chi connectivity index (χ3n) is 7.02. The molecule has 1 aromatic heterocycles. The van der Waals surface area contributed by atoms with Crippen molar-refractivity contribution in [2.75, 3.05) is 13.1 Å². The molecule has 7 nitrogen and oxygen atoms in total. The van der Waals surface area contributed by atoms with Gasteiger partial charge in [-0.1, -0.05) is 30.3 Å². The van der Waals surface area contributed by atoms with Crippen molar-refractivity contribution in [2.45, 2.75) is 25.0 Å². The molecule has 168 valence electrons. The number of nitrogens with zero attached hydrogens (tertiary/aromatic N) is 3. The minimum atomic E-state index is -0.562. The fraction of sp³-hybridized carbons (Fsp3) is 0.308. The van der Waals surface area contributed by atoms with E-state index in [4.69, 9.17) is 4.74 Å². The van der Waals surface area contributed by atoms with E-state index >= 15 is 0 Å². The fourth-order valence-corrected chi connectivity index (χ4v) is 5.34. The zero-order valence-corrected chi connectivity index (χ0v) is 18.2. The number of ether oxygens (including phenoxy) is 1. The quantitative estimate of drug-likeness (QED) is 0.232. The molecule has 2 bridgehead atoms. The standard InChI is InChI=1S/C26H25N3O4/c1-2-17-16-28-13-11-18(17)15-24(28)25(22-10-12-27-23-9-4-3-8-21(22)23)33-26(30)19-6-5-7-20(14-19)29(31)32/h2-10,12,14,17-18,24-25H,1,11,13,15-16H2/t17-,18-,24-,25+/m0/s1. The van der Waals surface area contributed by atoms with Crippen molar-refractivity contribution < 1.29 is 14.5 Å². The van der Waals surface area contributed by atoms with Crippen molar-refractivity contribution in [1.82, 2.24) is 9.88 Å². The maximum atomic E-state index is 13.2. The van der Waals surface area contributed by atoms with Crippen LogP contribution in [0.3, 0.4) is 0 Å². The molecule has 33 heavy (non-hydrogen) atoms. The minimum absolute atomic E-state index is 0.0217. The van der Waals surface area contributed by atoms with Gasteiger partial charge >= 0.3 is 5.97 Å². The van der Waals surface area contributed by atoms with E-state index in [0.717, 1.165) is 42.4 Å². The van der Waals surface area contributed by atoms with Gasteiger partial charge in [0.1, 0.15) is 6.10 Å². The topological polar surface area (TPSA) is 85.6 Å². The highest BCUT2D eigenvalue weighted by Crippen LogP contribution is 2.43. The van der Waals surface area contributed by atoms with Gasteiger partial charge in [-0.3, -0.25) is 20.0 Å². The van der Waals surface area contributed by atoms with Gasteiger partial charge in [0.2, 0.25) is 0 Å². The lowest BCUT2D eigenvalue weighted by Crippen LogP contribution is -2.55. The second-order valence-corrected chi connectivity index (χ2v) is 8.80. The van der Waals surface area contributed by atoms with Gasteiger partial charge in [0, 0.05) is 35.8 Å². The number of carbonyl (C=O) groups excluding carboxylic acids is 1. The Morgan fingerprint density at radius 1 is 1.24 bits per heavy atom. The predicted octanol–water partition coefficient (Wildman–Crippen LogP) is 4.94. The van der Waals surface area contributed by atoms with E-state index in [1.165, 1.54) is 18.2 Å². The van der Waals surface area contributed by atoms with Gasteiger partial charge in [0.15, 0.2) is 0 Å². The summed E-state index contributed by atoms with van der Waals surface area (Å²) in [6.07, 6.45) is 5.28. The van der Waals surface area contributed by atoms with E-state index in [1.807, 2.05) is 36.4 Å². The number of pyridine rings is 1. The number of rotatable bonds is 6. The molecule has 5 atom stereocenters. The SMILES string of the molecule is C=C[C@H]1CN2CC[C@H]1C[C@H]2[C@H](OC(=O)c1cccc([N+](=O)[O-])c1)c1ccnc2ccccc12. The van der Waals surface area contributed by atoms with Crippen molar-refractivity contribution >= 4 is 22.6 Å². The number of carbonyl (C=O) groups is 1. The molecule has 3 saturated heterocycles. The van der Waals surface area contributed by atoms with Crippen LogP contribution in [0.25, 0.3) is 10.9 Å². The summed E-state index contributed by atoms with van der Waals surface area (Å²) in [5.41, 5.74) is 1.79. The zero-order chi connectivity index (χ0) is 22.9. The summed E-state index contributed by atoms with van der Waals surface area (Å²) in [7, 11) is 0. The Labute approximate surface area is 191 Å². The number of hydrogen-bond acceptors (Lipinski definition) is 6. The van der Waals surface area contributed by atoms with Gasteiger partial charge in [-0.05, 0) is 49.4 Å². The summed E-state index contributed by atoms with van der Waals surface area (Å²) >= 11 is 0. The third kappa shape index (κ3) is 4.00. The smallest absolute Gasteiger partial charge is 0.339 e. The average Bonchev–Trinajstić information content (AvgIpc) is 2.87. The van der Waals surface area contributed by atoms with Crippen molar-refractivity contribution in [3.05, 3.63) is 94.7 Å². The van der Waals surface area contributed by atoms with E-state index in [2.05, 4.69) is 16.5 Å². The molecule has 4 heterocycles. The van der Waals surface area contributed by atoms with Crippen molar-refractivity contribution in [1.29, 1.82) is 0 Å². The van der Waals surface area contributed by atoms with Gasteiger partial charge in [0.05, 0.1) is 22.0 Å². The lowest BCUT2D eigenvalue weighted by Gasteiger charge is -2.51. The number of aromatic nitrogens is 1. The Hall–Kier alpha value is -3.58. The summed E-state index contributed by atoms with van der Waals surface area (Å²) < 4.78 is 6.17. The molecule has 3 aliphatic heterocycles. The predicted molar refractivity (Wildman–Crippen MR) is 125 cm³/mol. The van der Waals surface area contributed by atoms with Crippen LogP contribution < -0.4 is 0 Å². The van der Waals surface area contributed by atoms with E-state index in [-0.39, 0.29) is 17.3 Å². The Morgan fingerprint density at radius 3 is 2.85 bits per heavy atom. The number of piperidine rings is 3. The van der Waals surface area contributed by atoms with Crippen LogP contribution in [-0.2, 0) is 4.74 Å². The Morgan fingerprint density at radius 2 is 2.09 bits per heavy atom. The second kappa shape index (κ2) is 8.75. The normalized spacial score (nSPS) is 24.8. The Balaban J connectivity index is 1.53. The van der Waals surface area contributed by atoms with Crippen LogP contribution in [0.5, 0.6) is 0 Å². The van der Waals surface area contributed by atoms with Crippen molar-refractivity contribution in [2.24, 2.45) is 11.8 Å². The number of fused-ring (bicyclic) bond motifs is 4. The summed E-state index contributed by atoms with van der Waals surface area (Å²) in [6.45, 7) is 5.85. The molecule has 3 aromatic rings. The molecule has 2 aromatic carbocycles. The van der Waals surface area contributed by atoms with Crippen molar-refractivity contribution in [3.8, 4) is 0 Å². The highest BCUT2D eigenvalue weighted by atomic mass is 16.6. The highest BCUT2D eigenvalue weighted by Gasteiger charge is 2.44. The number of nitro groups is 1. The second-order valence-electron chi connectivity index (χ2n) is 8.80.